The summed E-state index contributed by atoms with van der Waals surface area (Å²) in [6.45, 7) is 4.14. The van der Waals surface area contributed by atoms with Crippen molar-refractivity contribution in [1.82, 2.24) is 10.2 Å². The molecule has 2 N–H and O–H groups in total. The number of carboxylic acids is 1. The quantitative estimate of drug-likeness (QED) is 0.658. The lowest BCUT2D eigenvalue weighted by molar-refractivity contribution is -0.145. The average Bonchev–Trinajstić information content (AvgIpc) is 3.43. The van der Waals surface area contributed by atoms with Crippen LogP contribution in [0, 0.1) is 17.8 Å². The van der Waals surface area contributed by atoms with Crippen molar-refractivity contribution in [2.75, 3.05) is 26.3 Å². The number of carboxylic acid groups (broad SMARTS) is 1. The van der Waals surface area contributed by atoms with Gasteiger partial charge in [-0.15, -0.1) is 0 Å². The summed E-state index contributed by atoms with van der Waals surface area (Å²) in [6.07, 6.45) is 7.82. The zero-order chi connectivity index (χ0) is 20.1. The molecule has 7 heteroatoms. The molecule has 158 valence electrons. The second-order valence-electron chi connectivity index (χ2n) is 8.71. The number of rotatable bonds is 8. The Morgan fingerprint density at radius 1 is 1.18 bits per heavy atom. The van der Waals surface area contributed by atoms with E-state index in [0.29, 0.717) is 45.1 Å². The smallest absolute Gasteiger partial charge is 0.329 e. The molecule has 2 saturated carbocycles. The molecule has 0 aromatic rings. The maximum atomic E-state index is 13.1. The highest BCUT2D eigenvalue weighted by atomic mass is 16.5. The Hall–Kier alpha value is -1.63. The Morgan fingerprint density at radius 2 is 1.86 bits per heavy atom. The summed E-state index contributed by atoms with van der Waals surface area (Å²) >= 11 is 0. The molecule has 0 aromatic carbocycles. The highest BCUT2D eigenvalue weighted by molar-refractivity contribution is 5.92. The topological polar surface area (TPSA) is 95.9 Å². The number of aliphatic carboxylic acids is 1. The molecule has 3 fully saturated rings. The fraction of sp³-hybridized carbons (Fsp3) is 0.857. The van der Waals surface area contributed by atoms with Gasteiger partial charge in [-0.25, -0.2) is 4.79 Å². The summed E-state index contributed by atoms with van der Waals surface area (Å²) in [7, 11) is 0. The van der Waals surface area contributed by atoms with E-state index in [-0.39, 0.29) is 24.2 Å². The number of carbonyl (C=O) groups excluding carboxylic acids is 2. The number of ether oxygens (including phenoxy) is 1. The molecule has 0 spiro atoms. The lowest BCUT2D eigenvalue weighted by Gasteiger charge is -2.30. The Labute approximate surface area is 167 Å². The predicted molar refractivity (Wildman–Crippen MR) is 104 cm³/mol. The first-order valence-corrected chi connectivity index (χ1v) is 10.9. The van der Waals surface area contributed by atoms with E-state index in [1.54, 1.807) is 4.90 Å². The average molecular weight is 395 g/mol. The fourth-order valence-corrected chi connectivity index (χ4v) is 4.87. The van der Waals surface area contributed by atoms with Crippen LogP contribution in [0.4, 0.5) is 0 Å². The minimum Gasteiger partial charge on any atom is -0.479 e. The molecule has 1 heterocycles. The van der Waals surface area contributed by atoms with Crippen molar-refractivity contribution >= 4 is 17.8 Å². The maximum absolute atomic E-state index is 13.1. The summed E-state index contributed by atoms with van der Waals surface area (Å²) < 4.78 is 5.31. The van der Waals surface area contributed by atoms with Gasteiger partial charge in [0.05, 0.1) is 13.2 Å². The van der Waals surface area contributed by atoms with Crippen LogP contribution in [0.15, 0.2) is 0 Å². The predicted octanol–water partition coefficient (Wildman–Crippen LogP) is 2.19. The Morgan fingerprint density at radius 3 is 2.43 bits per heavy atom. The van der Waals surface area contributed by atoms with Gasteiger partial charge in [-0.3, -0.25) is 9.59 Å². The molecule has 3 atom stereocenters. The van der Waals surface area contributed by atoms with E-state index < -0.39 is 17.4 Å². The van der Waals surface area contributed by atoms with Gasteiger partial charge in [0.2, 0.25) is 11.8 Å². The van der Waals surface area contributed by atoms with Crippen LogP contribution in [0.2, 0.25) is 0 Å². The monoisotopic (exact) mass is 394 g/mol. The Balaban J connectivity index is 1.66. The largest absolute Gasteiger partial charge is 0.479 e. The molecule has 3 aliphatic rings. The van der Waals surface area contributed by atoms with E-state index in [4.69, 9.17) is 4.74 Å². The zero-order valence-corrected chi connectivity index (χ0v) is 17.0. The van der Waals surface area contributed by atoms with Crippen LogP contribution in [0.3, 0.4) is 0 Å². The van der Waals surface area contributed by atoms with Crippen molar-refractivity contribution in [2.45, 2.75) is 70.3 Å². The molecule has 2 amide bonds. The second kappa shape index (κ2) is 9.25. The van der Waals surface area contributed by atoms with E-state index in [0.717, 1.165) is 19.3 Å². The van der Waals surface area contributed by atoms with Crippen molar-refractivity contribution in [1.29, 1.82) is 0 Å². The van der Waals surface area contributed by atoms with Gasteiger partial charge in [0.15, 0.2) is 0 Å². The molecule has 3 rings (SSSR count). The third kappa shape index (κ3) is 4.85. The first-order valence-electron chi connectivity index (χ1n) is 10.9. The first kappa shape index (κ1) is 21.1. The van der Waals surface area contributed by atoms with Gasteiger partial charge in [0, 0.05) is 25.4 Å². The Bertz CT molecular complexity index is 583. The molecular weight excluding hydrogens is 360 g/mol. The van der Waals surface area contributed by atoms with Gasteiger partial charge in [-0.2, -0.15) is 0 Å². The van der Waals surface area contributed by atoms with Gasteiger partial charge in [-0.05, 0) is 24.7 Å². The molecule has 0 bridgehead atoms. The van der Waals surface area contributed by atoms with E-state index in [2.05, 4.69) is 5.32 Å². The summed E-state index contributed by atoms with van der Waals surface area (Å²) in [4.78, 5) is 39.4. The fourth-order valence-electron chi connectivity index (χ4n) is 4.87. The van der Waals surface area contributed by atoms with Gasteiger partial charge < -0.3 is 20.1 Å². The summed E-state index contributed by atoms with van der Waals surface area (Å²) in [5.41, 5.74) is -1.13. The standard InChI is InChI=1S/C21H34N2O5/c1-2-17-14-21(17,20(26)27)22-19(25)16(12-15-6-4-3-5-7-15)13-18(24)23-8-10-28-11-9-23/h15-17H,2-14H2,1H3,(H,22,25)(H,26,27)/t16-,17-,21+/m1/s1. The molecule has 0 aromatic heterocycles. The maximum Gasteiger partial charge on any atom is 0.329 e. The first-order chi connectivity index (χ1) is 13.5. The van der Waals surface area contributed by atoms with Crippen molar-refractivity contribution < 1.29 is 24.2 Å². The highest BCUT2D eigenvalue weighted by Gasteiger charge is 2.60. The van der Waals surface area contributed by atoms with E-state index in [9.17, 15) is 19.5 Å². The second-order valence-corrected chi connectivity index (χ2v) is 8.71. The van der Waals surface area contributed by atoms with Crippen molar-refractivity contribution in [3.05, 3.63) is 0 Å². The summed E-state index contributed by atoms with van der Waals surface area (Å²) in [5, 5.41) is 12.5. The number of hydrogen-bond donors (Lipinski definition) is 2. The highest BCUT2D eigenvalue weighted by Crippen LogP contribution is 2.46. The molecular formula is C21H34N2O5. The molecule has 0 unspecified atom stereocenters. The van der Waals surface area contributed by atoms with Gasteiger partial charge >= 0.3 is 5.97 Å². The van der Waals surface area contributed by atoms with Crippen LogP contribution >= 0.6 is 0 Å². The van der Waals surface area contributed by atoms with Crippen molar-refractivity contribution in [2.24, 2.45) is 17.8 Å². The van der Waals surface area contributed by atoms with Gasteiger partial charge in [0.25, 0.3) is 0 Å². The van der Waals surface area contributed by atoms with E-state index >= 15 is 0 Å². The number of hydrogen-bond acceptors (Lipinski definition) is 4. The third-order valence-electron chi connectivity index (χ3n) is 6.82. The third-order valence-corrected chi connectivity index (χ3v) is 6.82. The summed E-state index contributed by atoms with van der Waals surface area (Å²) in [5.74, 6) is -1.25. The normalized spacial score (nSPS) is 29.2. The lowest BCUT2D eigenvalue weighted by atomic mass is 9.81. The van der Waals surface area contributed by atoms with E-state index in [1.165, 1.54) is 19.3 Å². The zero-order valence-electron chi connectivity index (χ0n) is 17.0. The lowest BCUT2D eigenvalue weighted by Crippen LogP contribution is -2.49. The van der Waals surface area contributed by atoms with Gasteiger partial charge in [-0.1, -0.05) is 45.4 Å². The van der Waals surface area contributed by atoms with Crippen LogP contribution < -0.4 is 5.32 Å². The number of carbonyl (C=O) groups is 3. The number of nitrogens with one attached hydrogen (secondary N) is 1. The molecule has 0 radical (unpaired) electrons. The van der Waals surface area contributed by atoms with Crippen LogP contribution in [-0.4, -0.2) is 59.6 Å². The number of morpholine rings is 1. The minimum atomic E-state index is -1.13. The van der Waals surface area contributed by atoms with Crippen molar-refractivity contribution in [3.8, 4) is 0 Å². The molecule has 7 nitrogen and oxygen atoms in total. The van der Waals surface area contributed by atoms with Crippen LogP contribution in [0.5, 0.6) is 0 Å². The van der Waals surface area contributed by atoms with Crippen LogP contribution in [0.25, 0.3) is 0 Å². The Kier molecular flexibility index (Phi) is 6.96. The summed E-state index contributed by atoms with van der Waals surface area (Å²) in [6, 6.07) is 0. The molecule has 1 saturated heterocycles. The number of nitrogens with zero attached hydrogens (tertiary/aromatic N) is 1. The van der Waals surface area contributed by atoms with Crippen LogP contribution in [-0.2, 0) is 19.1 Å². The van der Waals surface area contributed by atoms with Crippen LogP contribution in [0.1, 0.15) is 64.7 Å². The van der Waals surface area contributed by atoms with Crippen molar-refractivity contribution in [3.63, 3.8) is 0 Å². The molecule has 2 aliphatic carbocycles. The molecule has 28 heavy (non-hydrogen) atoms. The SMILES string of the molecule is CC[C@@H]1C[C@@]1(NC(=O)[C@@H](CC(=O)N1CCOCC1)CC1CCCCC1)C(=O)O. The van der Waals surface area contributed by atoms with E-state index in [1.807, 2.05) is 6.92 Å². The minimum absolute atomic E-state index is 0.0146. The number of amides is 2. The molecule has 1 aliphatic heterocycles. The van der Waals surface area contributed by atoms with Gasteiger partial charge in [0.1, 0.15) is 5.54 Å².